The fraction of sp³-hybridized carbons (Fsp3) is 0.538. The largest absolute Gasteiger partial charge is 0.397 e. The number of hydrogen-bond acceptors (Lipinski definition) is 3. The lowest BCUT2D eigenvalue weighted by molar-refractivity contribution is -0.00517. The fourth-order valence-electron chi connectivity index (χ4n) is 2.32. The van der Waals surface area contributed by atoms with E-state index in [2.05, 4.69) is 30.9 Å². The summed E-state index contributed by atoms with van der Waals surface area (Å²) in [6.07, 6.45) is 0.535. The Morgan fingerprint density at radius 2 is 1.88 bits per heavy atom. The van der Waals surface area contributed by atoms with Crippen LogP contribution in [0.1, 0.15) is 19.4 Å². The van der Waals surface area contributed by atoms with Crippen LogP contribution in [0.4, 0.5) is 11.4 Å². The molecule has 2 atom stereocenters. The van der Waals surface area contributed by atoms with Gasteiger partial charge in [-0.25, -0.2) is 0 Å². The van der Waals surface area contributed by atoms with E-state index in [1.165, 1.54) is 0 Å². The van der Waals surface area contributed by atoms with Crippen molar-refractivity contribution in [1.29, 1.82) is 0 Å². The Morgan fingerprint density at radius 1 is 1.25 bits per heavy atom. The summed E-state index contributed by atoms with van der Waals surface area (Å²) in [5, 5.41) is 0. The molecule has 0 unspecified atom stereocenters. The van der Waals surface area contributed by atoms with E-state index in [9.17, 15) is 0 Å². The molecule has 1 heterocycles. The molecule has 88 valence electrons. The van der Waals surface area contributed by atoms with Gasteiger partial charge in [0.2, 0.25) is 0 Å². The highest BCUT2D eigenvalue weighted by Crippen LogP contribution is 2.28. The van der Waals surface area contributed by atoms with Crippen LogP contribution in [0.15, 0.2) is 18.2 Å². The van der Waals surface area contributed by atoms with Gasteiger partial charge in [0.25, 0.3) is 0 Å². The number of para-hydroxylation sites is 1. The number of anilines is 2. The molecule has 1 aliphatic heterocycles. The van der Waals surface area contributed by atoms with Crippen LogP contribution in [0.5, 0.6) is 0 Å². The molecule has 1 aliphatic rings. The van der Waals surface area contributed by atoms with E-state index in [4.69, 9.17) is 10.5 Å². The molecule has 2 rings (SSSR count). The van der Waals surface area contributed by atoms with Gasteiger partial charge in [-0.2, -0.15) is 0 Å². The predicted molar refractivity (Wildman–Crippen MR) is 67.8 cm³/mol. The maximum atomic E-state index is 6.12. The average Bonchev–Trinajstić information content (AvgIpc) is 2.20. The number of nitrogens with zero attached hydrogens (tertiary/aromatic N) is 1. The third kappa shape index (κ3) is 2.14. The van der Waals surface area contributed by atoms with Crippen LogP contribution in [0, 0.1) is 6.92 Å². The van der Waals surface area contributed by atoms with Gasteiger partial charge in [0.1, 0.15) is 0 Å². The Hall–Kier alpha value is -1.22. The number of morpholine rings is 1. The zero-order chi connectivity index (χ0) is 11.7. The van der Waals surface area contributed by atoms with Gasteiger partial charge in [0.15, 0.2) is 0 Å². The normalized spacial score (nSPS) is 25.8. The average molecular weight is 220 g/mol. The van der Waals surface area contributed by atoms with E-state index in [1.807, 2.05) is 13.0 Å². The highest BCUT2D eigenvalue weighted by Gasteiger charge is 2.23. The Kier molecular flexibility index (Phi) is 3.06. The molecule has 0 saturated carbocycles. The van der Waals surface area contributed by atoms with Crippen molar-refractivity contribution < 1.29 is 4.74 Å². The summed E-state index contributed by atoms with van der Waals surface area (Å²) in [7, 11) is 0. The van der Waals surface area contributed by atoms with Crippen molar-refractivity contribution in [1.82, 2.24) is 0 Å². The minimum absolute atomic E-state index is 0.267. The van der Waals surface area contributed by atoms with E-state index in [1.54, 1.807) is 0 Å². The van der Waals surface area contributed by atoms with Crippen molar-refractivity contribution in [3.8, 4) is 0 Å². The molecule has 1 aromatic carbocycles. The molecule has 1 fully saturated rings. The monoisotopic (exact) mass is 220 g/mol. The van der Waals surface area contributed by atoms with Crippen LogP contribution >= 0.6 is 0 Å². The third-order valence-corrected chi connectivity index (χ3v) is 3.06. The number of rotatable bonds is 1. The van der Waals surface area contributed by atoms with Gasteiger partial charge in [-0.15, -0.1) is 0 Å². The summed E-state index contributed by atoms with van der Waals surface area (Å²) in [4.78, 5) is 2.32. The molecule has 0 aliphatic carbocycles. The van der Waals surface area contributed by atoms with E-state index >= 15 is 0 Å². The second kappa shape index (κ2) is 4.34. The van der Waals surface area contributed by atoms with Gasteiger partial charge >= 0.3 is 0 Å². The number of benzene rings is 1. The molecule has 0 amide bonds. The number of aryl methyl sites for hydroxylation is 1. The minimum Gasteiger partial charge on any atom is -0.397 e. The summed E-state index contributed by atoms with van der Waals surface area (Å²) < 4.78 is 5.73. The van der Waals surface area contributed by atoms with Crippen LogP contribution in [-0.2, 0) is 4.74 Å². The molecule has 0 spiro atoms. The van der Waals surface area contributed by atoms with Gasteiger partial charge in [0, 0.05) is 13.1 Å². The topological polar surface area (TPSA) is 38.5 Å². The molecule has 2 N–H and O–H groups in total. The molecule has 3 nitrogen and oxygen atoms in total. The zero-order valence-corrected chi connectivity index (χ0v) is 10.2. The molecule has 0 bridgehead atoms. The smallest absolute Gasteiger partial charge is 0.0726 e. The number of nitrogens with two attached hydrogens (primary N) is 1. The zero-order valence-electron chi connectivity index (χ0n) is 10.2. The van der Waals surface area contributed by atoms with Gasteiger partial charge in [-0.05, 0) is 32.4 Å². The first kappa shape index (κ1) is 11.3. The quantitative estimate of drug-likeness (QED) is 0.737. The number of hydrogen-bond donors (Lipinski definition) is 1. The standard InChI is InChI=1S/C13H20N2O/c1-9-5-4-6-12(13(9)14)15-7-10(2)16-11(3)8-15/h4-6,10-11H,7-8,14H2,1-3H3/t10-,11+. The lowest BCUT2D eigenvalue weighted by Gasteiger charge is -2.37. The first-order chi connectivity index (χ1) is 7.58. The Labute approximate surface area is 97.2 Å². The van der Waals surface area contributed by atoms with Crippen molar-refractivity contribution in [3.63, 3.8) is 0 Å². The lowest BCUT2D eigenvalue weighted by atomic mass is 10.1. The van der Waals surface area contributed by atoms with Crippen LogP contribution in [0.3, 0.4) is 0 Å². The van der Waals surface area contributed by atoms with Crippen molar-refractivity contribution in [2.75, 3.05) is 23.7 Å². The summed E-state index contributed by atoms with van der Waals surface area (Å²) in [6, 6.07) is 6.20. The van der Waals surface area contributed by atoms with Crippen molar-refractivity contribution in [2.24, 2.45) is 0 Å². The van der Waals surface area contributed by atoms with Crippen LogP contribution < -0.4 is 10.6 Å². The molecule has 1 saturated heterocycles. The summed E-state index contributed by atoms with van der Waals surface area (Å²) in [5.74, 6) is 0. The molecule has 3 heteroatoms. The van der Waals surface area contributed by atoms with Crippen LogP contribution in [0.25, 0.3) is 0 Å². The summed E-state index contributed by atoms with van der Waals surface area (Å²) in [6.45, 7) is 8.09. The minimum atomic E-state index is 0.267. The molecular weight excluding hydrogens is 200 g/mol. The second-order valence-corrected chi connectivity index (χ2v) is 4.67. The van der Waals surface area contributed by atoms with E-state index in [0.717, 1.165) is 30.0 Å². The fourth-order valence-corrected chi connectivity index (χ4v) is 2.32. The molecule has 1 aromatic rings. The van der Waals surface area contributed by atoms with Gasteiger partial charge in [-0.3, -0.25) is 0 Å². The van der Waals surface area contributed by atoms with Crippen LogP contribution in [-0.4, -0.2) is 25.3 Å². The van der Waals surface area contributed by atoms with E-state index in [0.29, 0.717) is 0 Å². The van der Waals surface area contributed by atoms with Gasteiger partial charge in [0.05, 0.1) is 23.6 Å². The Bertz CT molecular complexity index is 368. The molecule has 0 aromatic heterocycles. The van der Waals surface area contributed by atoms with E-state index < -0.39 is 0 Å². The lowest BCUT2D eigenvalue weighted by Crippen LogP contribution is -2.45. The maximum absolute atomic E-state index is 6.12. The Balaban J connectivity index is 2.26. The van der Waals surface area contributed by atoms with Crippen molar-refractivity contribution >= 4 is 11.4 Å². The molecular formula is C13H20N2O. The molecule has 16 heavy (non-hydrogen) atoms. The SMILES string of the molecule is Cc1cccc(N2C[C@@H](C)O[C@@H](C)C2)c1N. The molecule has 0 radical (unpaired) electrons. The first-order valence-electron chi connectivity index (χ1n) is 5.83. The summed E-state index contributed by atoms with van der Waals surface area (Å²) in [5.41, 5.74) is 9.30. The van der Waals surface area contributed by atoms with Crippen molar-refractivity contribution in [2.45, 2.75) is 33.0 Å². The highest BCUT2D eigenvalue weighted by molar-refractivity contribution is 5.71. The number of ether oxygens (including phenoxy) is 1. The Morgan fingerprint density at radius 3 is 2.50 bits per heavy atom. The third-order valence-electron chi connectivity index (χ3n) is 3.06. The van der Waals surface area contributed by atoms with Gasteiger partial charge in [-0.1, -0.05) is 12.1 Å². The van der Waals surface area contributed by atoms with Crippen molar-refractivity contribution in [3.05, 3.63) is 23.8 Å². The number of nitrogen functional groups attached to an aromatic ring is 1. The highest BCUT2D eigenvalue weighted by atomic mass is 16.5. The maximum Gasteiger partial charge on any atom is 0.0726 e. The second-order valence-electron chi connectivity index (χ2n) is 4.67. The van der Waals surface area contributed by atoms with Gasteiger partial charge < -0.3 is 15.4 Å². The summed E-state index contributed by atoms with van der Waals surface area (Å²) >= 11 is 0. The predicted octanol–water partition coefficient (Wildman–Crippen LogP) is 2.19. The van der Waals surface area contributed by atoms with Crippen LogP contribution in [0.2, 0.25) is 0 Å². The van der Waals surface area contributed by atoms with E-state index in [-0.39, 0.29) is 12.2 Å². The first-order valence-corrected chi connectivity index (χ1v) is 5.83.